The van der Waals surface area contributed by atoms with E-state index in [4.69, 9.17) is 4.74 Å². The predicted molar refractivity (Wildman–Crippen MR) is 73.6 cm³/mol. The van der Waals surface area contributed by atoms with Gasteiger partial charge in [-0.15, -0.1) is 0 Å². The average molecular weight is 289 g/mol. The minimum atomic E-state index is -4.30. The van der Waals surface area contributed by atoms with E-state index in [0.29, 0.717) is 0 Å². The number of methoxy groups -OCH3 is 1. The van der Waals surface area contributed by atoms with Crippen LogP contribution in [0.15, 0.2) is 24.3 Å². The highest BCUT2D eigenvalue weighted by Gasteiger charge is 2.36. The van der Waals surface area contributed by atoms with Gasteiger partial charge < -0.3 is 10.1 Å². The van der Waals surface area contributed by atoms with E-state index in [-0.39, 0.29) is 6.04 Å². The van der Waals surface area contributed by atoms with Crippen LogP contribution in [0.1, 0.15) is 43.9 Å². The monoisotopic (exact) mass is 289 g/mol. The molecule has 0 heterocycles. The largest absolute Gasteiger partial charge is 0.416 e. The van der Waals surface area contributed by atoms with Crippen LogP contribution < -0.4 is 5.32 Å². The third-order valence-electron chi connectivity index (χ3n) is 3.99. The molecule has 0 bridgehead atoms. The zero-order chi connectivity index (χ0) is 15.4. The molecule has 1 rings (SSSR count). The van der Waals surface area contributed by atoms with Crippen LogP contribution in [0.2, 0.25) is 0 Å². The molecule has 2 nitrogen and oxygen atoms in total. The van der Waals surface area contributed by atoms with Gasteiger partial charge in [0.1, 0.15) is 0 Å². The summed E-state index contributed by atoms with van der Waals surface area (Å²) in [6.45, 7) is 4.03. The number of likely N-dealkylation sites (N-methyl/N-ethyl adjacent to an activating group) is 1. The Morgan fingerprint density at radius 3 is 1.90 bits per heavy atom. The Hall–Kier alpha value is -1.07. The first kappa shape index (κ1) is 17.0. The first-order chi connectivity index (χ1) is 9.34. The molecule has 1 aromatic carbocycles. The van der Waals surface area contributed by atoms with Gasteiger partial charge in [-0.05, 0) is 37.6 Å². The van der Waals surface area contributed by atoms with Gasteiger partial charge in [-0.2, -0.15) is 13.2 Å². The Morgan fingerprint density at radius 1 is 1.10 bits per heavy atom. The number of hydrogen-bond acceptors (Lipinski definition) is 2. The van der Waals surface area contributed by atoms with Gasteiger partial charge in [-0.1, -0.05) is 26.0 Å². The number of rotatable bonds is 6. The molecule has 1 aromatic rings. The van der Waals surface area contributed by atoms with Gasteiger partial charge in [0.25, 0.3) is 0 Å². The summed E-state index contributed by atoms with van der Waals surface area (Å²) in [5, 5.41) is 3.16. The smallest absolute Gasteiger partial charge is 0.376 e. The van der Waals surface area contributed by atoms with E-state index in [1.807, 2.05) is 13.8 Å². The molecule has 0 spiro atoms. The second kappa shape index (κ2) is 6.59. The van der Waals surface area contributed by atoms with Gasteiger partial charge in [-0.3, -0.25) is 0 Å². The fraction of sp³-hybridized carbons (Fsp3) is 0.600. The zero-order valence-corrected chi connectivity index (χ0v) is 12.3. The maximum atomic E-state index is 12.6. The van der Waals surface area contributed by atoms with Crippen LogP contribution in [-0.2, 0) is 10.9 Å². The summed E-state index contributed by atoms with van der Waals surface area (Å²) in [5.41, 5.74) is -0.257. The Labute approximate surface area is 118 Å². The average Bonchev–Trinajstić information content (AvgIpc) is 2.44. The summed E-state index contributed by atoms with van der Waals surface area (Å²) in [6.07, 6.45) is -2.76. The summed E-state index contributed by atoms with van der Waals surface area (Å²) in [4.78, 5) is 0. The number of halogens is 3. The minimum Gasteiger partial charge on any atom is -0.376 e. The van der Waals surface area contributed by atoms with Crippen LogP contribution in [0.3, 0.4) is 0 Å². The highest BCUT2D eigenvalue weighted by Crippen LogP contribution is 2.36. The first-order valence-electron chi connectivity index (χ1n) is 6.74. The van der Waals surface area contributed by atoms with Crippen molar-refractivity contribution < 1.29 is 17.9 Å². The maximum absolute atomic E-state index is 12.6. The lowest BCUT2D eigenvalue weighted by Gasteiger charge is -2.38. The lowest BCUT2D eigenvalue weighted by Crippen LogP contribution is -2.43. The molecular formula is C15H22F3NO. The first-order valence-corrected chi connectivity index (χ1v) is 6.74. The van der Waals surface area contributed by atoms with E-state index in [1.165, 1.54) is 12.1 Å². The summed E-state index contributed by atoms with van der Waals surface area (Å²) in [5.74, 6) is 0. The SMILES string of the molecule is CCC(CC)(OC)C(NC)c1ccc(C(F)(F)F)cc1. The molecule has 1 unspecified atom stereocenters. The highest BCUT2D eigenvalue weighted by atomic mass is 19.4. The van der Waals surface area contributed by atoms with Crippen LogP contribution in [0.4, 0.5) is 13.2 Å². The van der Waals surface area contributed by atoms with Gasteiger partial charge in [0.05, 0.1) is 17.2 Å². The van der Waals surface area contributed by atoms with Crippen molar-refractivity contribution in [3.05, 3.63) is 35.4 Å². The lowest BCUT2D eigenvalue weighted by molar-refractivity contribution is -0.137. The Balaban J connectivity index is 3.13. The second-order valence-corrected chi connectivity index (χ2v) is 4.82. The molecule has 1 N–H and O–H groups in total. The van der Waals surface area contributed by atoms with Gasteiger partial charge in [0.2, 0.25) is 0 Å². The number of alkyl halides is 3. The quantitative estimate of drug-likeness (QED) is 0.848. The molecule has 20 heavy (non-hydrogen) atoms. The normalized spacial score (nSPS) is 14.3. The maximum Gasteiger partial charge on any atom is 0.416 e. The molecule has 0 radical (unpaired) electrons. The standard InChI is InChI=1S/C15H22F3NO/c1-5-14(6-2,20-4)13(19-3)11-7-9-12(10-8-11)15(16,17)18/h7-10,13,19H,5-6H2,1-4H3. The lowest BCUT2D eigenvalue weighted by atomic mass is 9.83. The van der Waals surface area contributed by atoms with Crippen molar-refractivity contribution in [1.82, 2.24) is 5.32 Å². The zero-order valence-electron chi connectivity index (χ0n) is 12.3. The van der Waals surface area contributed by atoms with E-state index < -0.39 is 17.3 Å². The van der Waals surface area contributed by atoms with Crippen molar-refractivity contribution in [2.24, 2.45) is 0 Å². The Morgan fingerprint density at radius 2 is 1.60 bits per heavy atom. The molecule has 0 amide bonds. The molecule has 114 valence electrons. The number of benzene rings is 1. The molecule has 0 aliphatic rings. The third-order valence-corrected chi connectivity index (χ3v) is 3.99. The van der Waals surface area contributed by atoms with Gasteiger partial charge in [0.15, 0.2) is 0 Å². The summed E-state index contributed by atoms with van der Waals surface area (Å²) in [7, 11) is 3.43. The van der Waals surface area contributed by atoms with Crippen LogP contribution in [0.5, 0.6) is 0 Å². The summed E-state index contributed by atoms with van der Waals surface area (Å²) >= 11 is 0. The third kappa shape index (κ3) is 3.33. The highest BCUT2D eigenvalue weighted by molar-refractivity contribution is 5.28. The fourth-order valence-electron chi connectivity index (χ4n) is 2.66. The van der Waals surface area contributed by atoms with Crippen molar-refractivity contribution in [1.29, 1.82) is 0 Å². The molecule has 0 fully saturated rings. The van der Waals surface area contributed by atoms with E-state index in [9.17, 15) is 13.2 Å². The number of nitrogens with one attached hydrogen (secondary N) is 1. The molecule has 5 heteroatoms. The van der Waals surface area contributed by atoms with E-state index in [0.717, 1.165) is 30.5 Å². The van der Waals surface area contributed by atoms with Crippen LogP contribution in [-0.4, -0.2) is 19.8 Å². The van der Waals surface area contributed by atoms with Crippen molar-refractivity contribution in [3.8, 4) is 0 Å². The molecule has 0 aromatic heterocycles. The van der Waals surface area contributed by atoms with Crippen LogP contribution in [0.25, 0.3) is 0 Å². The van der Waals surface area contributed by atoms with Gasteiger partial charge >= 0.3 is 6.18 Å². The topological polar surface area (TPSA) is 21.3 Å². The van der Waals surface area contributed by atoms with Crippen LogP contribution >= 0.6 is 0 Å². The Bertz CT molecular complexity index is 402. The van der Waals surface area contributed by atoms with Gasteiger partial charge in [-0.25, -0.2) is 0 Å². The summed E-state index contributed by atoms with van der Waals surface area (Å²) in [6, 6.07) is 5.12. The molecule has 0 aliphatic carbocycles. The molecule has 0 saturated heterocycles. The second-order valence-electron chi connectivity index (χ2n) is 4.82. The number of ether oxygens (including phenoxy) is 1. The van der Waals surface area contributed by atoms with Crippen molar-refractivity contribution in [2.75, 3.05) is 14.2 Å². The van der Waals surface area contributed by atoms with Gasteiger partial charge in [0, 0.05) is 7.11 Å². The Kier molecular flexibility index (Phi) is 5.59. The van der Waals surface area contributed by atoms with E-state index >= 15 is 0 Å². The van der Waals surface area contributed by atoms with Crippen molar-refractivity contribution >= 4 is 0 Å². The van der Waals surface area contributed by atoms with E-state index in [2.05, 4.69) is 5.32 Å². The number of hydrogen-bond donors (Lipinski definition) is 1. The molecular weight excluding hydrogens is 267 g/mol. The van der Waals surface area contributed by atoms with Crippen molar-refractivity contribution in [3.63, 3.8) is 0 Å². The minimum absolute atomic E-state index is 0.148. The summed E-state index contributed by atoms with van der Waals surface area (Å²) < 4.78 is 43.4. The predicted octanol–water partition coefficient (Wildman–Crippen LogP) is 4.17. The molecule has 1 atom stereocenters. The molecule has 0 saturated carbocycles. The van der Waals surface area contributed by atoms with Crippen molar-refractivity contribution in [2.45, 2.75) is 44.5 Å². The molecule has 0 aliphatic heterocycles. The fourth-order valence-corrected chi connectivity index (χ4v) is 2.66. The van der Waals surface area contributed by atoms with Crippen LogP contribution in [0, 0.1) is 0 Å². The van der Waals surface area contributed by atoms with E-state index in [1.54, 1.807) is 14.2 Å².